The molecule has 1 aromatic heterocycles. The Labute approximate surface area is 173 Å². The van der Waals surface area contributed by atoms with E-state index in [1.165, 1.54) is 28.9 Å². The lowest BCUT2D eigenvalue weighted by Gasteiger charge is -2.35. The van der Waals surface area contributed by atoms with E-state index in [-0.39, 0.29) is 41.8 Å². The first-order valence-electron chi connectivity index (χ1n) is 8.99. The lowest BCUT2D eigenvalue weighted by Crippen LogP contribution is -2.49. The number of nitrogens with zero attached hydrogens (tertiary/aromatic N) is 4. The van der Waals surface area contributed by atoms with Crippen LogP contribution >= 0.6 is 12.4 Å². The minimum absolute atomic E-state index is 0. The van der Waals surface area contributed by atoms with E-state index in [4.69, 9.17) is 0 Å². The Balaban J connectivity index is 0.00000240. The summed E-state index contributed by atoms with van der Waals surface area (Å²) < 4.78 is 28.3. The lowest BCUT2D eigenvalue weighted by molar-refractivity contribution is 0.0621. The molecule has 0 saturated carbocycles. The van der Waals surface area contributed by atoms with E-state index in [9.17, 15) is 13.6 Å². The van der Waals surface area contributed by atoms with E-state index in [0.29, 0.717) is 31.1 Å². The zero-order valence-corrected chi connectivity index (χ0v) is 16.5. The smallest absolute Gasteiger partial charge is 0.294 e. The highest BCUT2D eigenvalue weighted by atomic mass is 35.5. The van der Waals surface area contributed by atoms with Crippen LogP contribution in [0, 0.1) is 18.6 Å². The molecule has 0 spiro atoms. The summed E-state index contributed by atoms with van der Waals surface area (Å²) in [6.45, 7) is 3.35. The van der Waals surface area contributed by atoms with Gasteiger partial charge in [-0.3, -0.25) is 4.79 Å². The molecule has 2 aromatic carbocycles. The molecule has 1 saturated heterocycles. The van der Waals surface area contributed by atoms with Crippen molar-refractivity contribution in [2.45, 2.75) is 13.0 Å². The molecule has 3 aromatic rings. The van der Waals surface area contributed by atoms with Crippen LogP contribution in [0.15, 0.2) is 48.5 Å². The largest absolute Gasteiger partial charge is 0.326 e. The average molecular weight is 420 g/mol. The number of nitrogens with one attached hydrogen (secondary N) is 1. The van der Waals surface area contributed by atoms with E-state index >= 15 is 0 Å². The van der Waals surface area contributed by atoms with Gasteiger partial charge in [0.1, 0.15) is 17.5 Å². The molecule has 1 unspecified atom stereocenters. The molecule has 1 aliphatic heterocycles. The van der Waals surface area contributed by atoms with Gasteiger partial charge in [0.2, 0.25) is 5.82 Å². The first kappa shape index (κ1) is 20.9. The molecule has 1 N–H and O–H groups in total. The van der Waals surface area contributed by atoms with Gasteiger partial charge in [-0.05, 0) is 48.9 Å². The van der Waals surface area contributed by atoms with Gasteiger partial charge in [-0.1, -0.05) is 12.1 Å². The minimum Gasteiger partial charge on any atom is -0.326 e. The molecule has 29 heavy (non-hydrogen) atoms. The van der Waals surface area contributed by atoms with Crippen molar-refractivity contribution in [3.8, 4) is 5.69 Å². The molecule has 0 radical (unpaired) electrons. The lowest BCUT2D eigenvalue weighted by atomic mass is 10.0. The molecule has 152 valence electrons. The predicted molar refractivity (Wildman–Crippen MR) is 106 cm³/mol. The SMILES string of the molecule is Cc1nc(C(=O)N2CCNCC2c2cccc(F)c2)nn1-c1ccc(F)cc1.Cl. The highest BCUT2D eigenvalue weighted by molar-refractivity contribution is 5.91. The second kappa shape index (κ2) is 8.67. The molecule has 2 heterocycles. The molecule has 9 heteroatoms. The van der Waals surface area contributed by atoms with Crippen molar-refractivity contribution in [3.63, 3.8) is 0 Å². The van der Waals surface area contributed by atoms with Crippen LogP contribution in [-0.2, 0) is 0 Å². The van der Waals surface area contributed by atoms with Gasteiger partial charge in [-0.2, -0.15) is 0 Å². The second-order valence-corrected chi connectivity index (χ2v) is 6.64. The zero-order chi connectivity index (χ0) is 19.7. The van der Waals surface area contributed by atoms with Crippen LogP contribution in [0.4, 0.5) is 8.78 Å². The Hall–Kier alpha value is -2.84. The van der Waals surface area contributed by atoms with Crippen LogP contribution in [0.1, 0.15) is 28.0 Å². The van der Waals surface area contributed by atoms with Gasteiger partial charge >= 0.3 is 0 Å². The third-order valence-electron chi connectivity index (χ3n) is 4.77. The third kappa shape index (κ3) is 4.28. The van der Waals surface area contributed by atoms with Gasteiger partial charge in [0, 0.05) is 19.6 Å². The summed E-state index contributed by atoms with van der Waals surface area (Å²) in [5, 5.41) is 7.57. The van der Waals surface area contributed by atoms with Crippen molar-refractivity contribution in [1.82, 2.24) is 25.0 Å². The van der Waals surface area contributed by atoms with Crippen molar-refractivity contribution >= 4 is 18.3 Å². The molecule has 4 rings (SSSR count). The van der Waals surface area contributed by atoms with E-state index < -0.39 is 0 Å². The van der Waals surface area contributed by atoms with Crippen molar-refractivity contribution < 1.29 is 13.6 Å². The van der Waals surface area contributed by atoms with Crippen molar-refractivity contribution in [1.29, 1.82) is 0 Å². The van der Waals surface area contributed by atoms with Gasteiger partial charge in [0.05, 0.1) is 11.7 Å². The molecule has 1 fully saturated rings. The number of benzene rings is 2. The summed E-state index contributed by atoms with van der Waals surface area (Å²) >= 11 is 0. The van der Waals surface area contributed by atoms with Crippen molar-refractivity contribution in [2.24, 2.45) is 0 Å². The fraction of sp³-hybridized carbons (Fsp3) is 0.250. The number of halogens is 3. The van der Waals surface area contributed by atoms with Gasteiger partial charge in [0.15, 0.2) is 0 Å². The number of amides is 1. The number of piperazine rings is 1. The van der Waals surface area contributed by atoms with E-state index in [0.717, 1.165) is 5.56 Å². The summed E-state index contributed by atoms with van der Waals surface area (Å²) in [5.74, 6) is -0.432. The fourth-order valence-corrected chi connectivity index (χ4v) is 3.40. The highest BCUT2D eigenvalue weighted by Crippen LogP contribution is 2.24. The summed E-state index contributed by atoms with van der Waals surface area (Å²) in [6, 6.07) is 11.7. The monoisotopic (exact) mass is 419 g/mol. The topological polar surface area (TPSA) is 63.1 Å². The predicted octanol–water partition coefficient (Wildman–Crippen LogP) is 3.06. The Morgan fingerprint density at radius 3 is 2.62 bits per heavy atom. The molecule has 1 atom stereocenters. The Morgan fingerprint density at radius 2 is 1.90 bits per heavy atom. The fourth-order valence-electron chi connectivity index (χ4n) is 3.40. The maximum Gasteiger partial charge on any atom is 0.294 e. The van der Waals surface area contributed by atoms with Crippen LogP contribution in [0.2, 0.25) is 0 Å². The van der Waals surface area contributed by atoms with Gasteiger partial charge < -0.3 is 10.2 Å². The van der Waals surface area contributed by atoms with Crippen LogP contribution in [0.5, 0.6) is 0 Å². The number of hydrogen-bond donors (Lipinski definition) is 1. The molecule has 0 aliphatic carbocycles. The van der Waals surface area contributed by atoms with Crippen LogP contribution in [0.25, 0.3) is 5.69 Å². The maximum atomic E-state index is 13.7. The number of carbonyl (C=O) groups is 1. The Morgan fingerprint density at radius 1 is 1.14 bits per heavy atom. The summed E-state index contributed by atoms with van der Waals surface area (Å²) in [6.07, 6.45) is 0. The molecule has 1 aliphatic rings. The molecular formula is C20H20ClF2N5O. The molecule has 6 nitrogen and oxygen atoms in total. The second-order valence-electron chi connectivity index (χ2n) is 6.64. The normalized spacial score (nSPS) is 16.4. The summed E-state index contributed by atoms with van der Waals surface area (Å²) in [5.41, 5.74) is 1.34. The number of carbonyl (C=O) groups excluding carboxylic acids is 1. The number of aromatic nitrogens is 3. The van der Waals surface area contributed by atoms with Crippen LogP contribution in [-0.4, -0.2) is 45.2 Å². The van der Waals surface area contributed by atoms with Crippen molar-refractivity contribution in [2.75, 3.05) is 19.6 Å². The number of aryl methyl sites for hydroxylation is 1. The van der Waals surface area contributed by atoms with Crippen LogP contribution < -0.4 is 5.32 Å². The van der Waals surface area contributed by atoms with Gasteiger partial charge in [-0.25, -0.2) is 18.4 Å². The number of hydrogen-bond acceptors (Lipinski definition) is 4. The summed E-state index contributed by atoms with van der Waals surface area (Å²) in [7, 11) is 0. The zero-order valence-electron chi connectivity index (χ0n) is 15.7. The first-order valence-corrected chi connectivity index (χ1v) is 8.99. The standard InChI is InChI=1S/C20H19F2N5O.ClH/c1-13-24-19(25-27(13)17-7-5-15(21)6-8-17)20(28)26-10-9-23-12-18(26)14-3-2-4-16(22)11-14;/h2-8,11,18,23H,9-10,12H2,1H3;1H. The van der Waals surface area contributed by atoms with Crippen molar-refractivity contribution in [3.05, 3.63) is 77.4 Å². The Kier molecular flexibility index (Phi) is 6.24. The van der Waals surface area contributed by atoms with E-state index in [2.05, 4.69) is 15.4 Å². The average Bonchev–Trinajstić information content (AvgIpc) is 3.10. The third-order valence-corrected chi connectivity index (χ3v) is 4.77. The Bertz CT molecular complexity index is 1010. The first-order chi connectivity index (χ1) is 13.5. The minimum atomic E-state index is -0.350. The molecule has 0 bridgehead atoms. The van der Waals surface area contributed by atoms with Crippen LogP contribution in [0.3, 0.4) is 0 Å². The van der Waals surface area contributed by atoms with Gasteiger partial charge in [-0.15, -0.1) is 17.5 Å². The van der Waals surface area contributed by atoms with E-state index in [1.54, 1.807) is 36.1 Å². The van der Waals surface area contributed by atoms with E-state index in [1.807, 2.05) is 0 Å². The maximum absolute atomic E-state index is 13.7. The summed E-state index contributed by atoms with van der Waals surface area (Å²) in [4.78, 5) is 19.1. The number of rotatable bonds is 3. The van der Waals surface area contributed by atoms with Gasteiger partial charge in [0.25, 0.3) is 5.91 Å². The highest BCUT2D eigenvalue weighted by Gasteiger charge is 2.31. The molecular weight excluding hydrogens is 400 g/mol. The quantitative estimate of drug-likeness (QED) is 0.708. The molecule has 1 amide bonds.